The lowest BCUT2D eigenvalue weighted by Crippen LogP contribution is -1.96. The number of halogens is 1. The highest BCUT2D eigenvalue weighted by molar-refractivity contribution is 8.01. The zero-order chi connectivity index (χ0) is 15.6. The highest BCUT2D eigenvalue weighted by Crippen LogP contribution is 2.42. The molecule has 1 heterocycles. The van der Waals surface area contributed by atoms with Crippen molar-refractivity contribution in [3.05, 3.63) is 40.5 Å². The van der Waals surface area contributed by atoms with Crippen molar-refractivity contribution in [3.8, 4) is 17.2 Å². The van der Waals surface area contributed by atoms with Crippen molar-refractivity contribution in [1.82, 2.24) is 0 Å². The number of aromatic carboxylic acids is 1. The van der Waals surface area contributed by atoms with Gasteiger partial charge in [-0.25, -0.2) is 9.18 Å². The van der Waals surface area contributed by atoms with Gasteiger partial charge in [0.1, 0.15) is 16.8 Å². The molecule has 2 aromatic rings. The predicted molar refractivity (Wildman–Crippen MR) is 82.4 cm³/mol. The van der Waals surface area contributed by atoms with Crippen molar-refractivity contribution in [2.75, 3.05) is 0 Å². The van der Waals surface area contributed by atoms with Gasteiger partial charge in [-0.05, 0) is 17.7 Å². The monoisotopic (exact) mass is 321 g/mol. The average Bonchev–Trinajstić information content (AvgIpc) is 2.76. The Morgan fingerprint density at radius 3 is 2.71 bits per heavy atom. The quantitative estimate of drug-likeness (QED) is 0.834. The third kappa shape index (κ3) is 3.26. The van der Waals surface area contributed by atoms with Crippen molar-refractivity contribution < 1.29 is 14.3 Å². The Labute approximate surface area is 130 Å². The van der Waals surface area contributed by atoms with Gasteiger partial charge in [-0.1, -0.05) is 26.0 Å². The van der Waals surface area contributed by atoms with Crippen LogP contribution in [0.5, 0.6) is 0 Å². The molecular weight excluding hydrogens is 309 g/mol. The van der Waals surface area contributed by atoms with E-state index in [0.717, 1.165) is 11.3 Å². The third-order valence-electron chi connectivity index (χ3n) is 2.64. The fourth-order valence-corrected chi connectivity index (χ4v) is 4.44. The van der Waals surface area contributed by atoms with Crippen LogP contribution in [0.25, 0.3) is 11.1 Å². The van der Waals surface area contributed by atoms with Gasteiger partial charge in [-0.15, -0.1) is 23.1 Å². The minimum absolute atomic E-state index is 0.0697. The van der Waals surface area contributed by atoms with Crippen LogP contribution in [-0.4, -0.2) is 16.3 Å². The van der Waals surface area contributed by atoms with E-state index in [4.69, 9.17) is 0 Å². The second-order valence-corrected chi connectivity index (χ2v) is 7.43. The first-order valence-electron chi connectivity index (χ1n) is 6.16. The first-order valence-corrected chi connectivity index (χ1v) is 7.86. The van der Waals surface area contributed by atoms with Crippen LogP contribution in [0, 0.1) is 17.1 Å². The van der Waals surface area contributed by atoms with Gasteiger partial charge in [-0.3, -0.25) is 0 Å². The van der Waals surface area contributed by atoms with Crippen LogP contribution in [0.15, 0.2) is 28.5 Å². The molecule has 0 unspecified atom stereocenters. The molecule has 0 saturated carbocycles. The number of nitriles is 1. The summed E-state index contributed by atoms with van der Waals surface area (Å²) >= 11 is 2.51. The Bertz CT molecular complexity index is 732. The lowest BCUT2D eigenvalue weighted by atomic mass is 10.0. The van der Waals surface area contributed by atoms with Crippen molar-refractivity contribution in [2.24, 2.45) is 0 Å². The van der Waals surface area contributed by atoms with Crippen molar-refractivity contribution >= 4 is 29.1 Å². The van der Waals surface area contributed by atoms with Crippen LogP contribution in [0.1, 0.15) is 29.1 Å². The summed E-state index contributed by atoms with van der Waals surface area (Å²) in [6.07, 6.45) is 0. The first-order chi connectivity index (χ1) is 9.93. The molecule has 0 atom stereocenters. The van der Waals surface area contributed by atoms with Gasteiger partial charge in [0.15, 0.2) is 0 Å². The molecule has 0 aliphatic heterocycles. The number of hydrogen-bond donors (Lipinski definition) is 1. The van der Waals surface area contributed by atoms with E-state index in [1.807, 2.05) is 13.8 Å². The molecule has 6 heteroatoms. The number of carboxylic acids is 1. The third-order valence-corrected chi connectivity index (χ3v) is 5.04. The van der Waals surface area contributed by atoms with Crippen molar-refractivity contribution in [3.63, 3.8) is 0 Å². The van der Waals surface area contributed by atoms with E-state index in [2.05, 4.69) is 6.07 Å². The maximum atomic E-state index is 13.4. The highest BCUT2D eigenvalue weighted by Gasteiger charge is 2.24. The maximum absolute atomic E-state index is 13.4. The standard InChI is InChI=1S/C15H12FNO2S2/c1-8(2)20-15-11(7-17)12(13(21-15)14(18)19)9-4-3-5-10(16)6-9/h3-6,8H,1-2H3,(H,18,19). The largest absolute Gasteiger partial charge is 0.477 e. The Hall–Kier alpha value is -1.84. The second kappa shape index (κ2) is 6.29. The van der Waals surface area contributed by atoms with E-state index >= 15 is 0 Å². The van der Waals surface area contributed by atoms with Gasteiger partial charge in [0.2, 0.25) is 0 Å². The molecule has 0 aliphatic rings. The van der Waals surface area contributed by atoms with Gasteiger partial charge in [0.05, 0.1) is 9.77 Å². The van der Waals surface area contributed by atoms with E-state index in [-0.39, 0.29) is 10.1 Å². The molecule has 0 aliphatic carbocycles. The van der Waals surface area contributed by atoms with Crippen LogP contribution in [0.2, 0.25) is 0 Å². The Morgan fingerprint density at radius 2 is 2.19 bits per heavy atom. The van der Waals surface area contributed by atoms with E-state index in [9.17, 15) is 19.6 Å². The summed E-state index contributed by atoms with van der Waals surface area (Å²) in [7, 11) is 0. The Kier molecular flexibility index (Phi) is 4.66. The molecular formula is C15H12FNO2S2. The van der Waals surface area contributed by atoms with E-state index in [1.54, 1.807) is 6.07 Å². The molecule has 1 aromatic carbocycles. The fourth-order valence-electron chi connectivity index (χ4n) is 1.88. The fraction of sp³-hybridized carbons (Fsp3) is 0.200. The molecule has 0 fully saturated rings. The van der Waals surface area contributed by atoms with Gasteiger partial charge in [0, 0.05) is 10.8 Å². The molecule has 21 heavy (non-hydrogen) atoms. The normalized spacial score (nSPS) is 10.6. The number of carboxylic acid groups (broad SMARTS) is 1. The predicted octanol–water partition coefficient (Wildman–Crippen LogP) is 4.62. The summed E-state index contributed by atoms with van der Waals surface area (Å²) in [5.74, 6) is -1.57. The van der Waals surface area contributed by atoms with E-state index in [0.29, 0.717) is 20.9 Å². The summed E-state index contributed by atoms with van der Waals surface area (Å²) in [6, 6.07) is 7.72. The zero-order valence-corrected chi connectivity index (χ0v) is 13.0. The zero-order valence-electron chi connectivity index (χ0n) is 11.4. The Morgan fingerprint density at radius 1 is 1.48 bits per heavy atom. The molecule has 3 nitrogen and oxygen atoms in total. The highest BCUT2D eigenvalue weighted by atomic mass is 32.2. The minimum atomic E-state index is -1.11. The number of carbonyl (C=O) groups is 1. The van der Waals surface area contributed by atoms with Crippen LogP contribution < -0.4 is 0 Å². The van der Waals surface area contributed by atoms with Crippen LogP contribution in [-0.2, 0) is 0 Å². The maximum Gasteiger partial charge on any atom is 0.346 e. The molecule has 1 aromatic heterocycles. The number of rotatable bonds is 4. The molecule has 108 valence electrons. The van der Waals surface area contributed by atoms with Crippen molar-refractivity contribution in [2.45, 2.75) is 23.3 Å². The summed E-state index contributed by atoms with van der Waals surface area (Å²) in [5.41, 5.74) is 1.02. The SMILES string of the molecule is CC(C)Sc1sc(C(=O)O)c(-c2cccc(F)c2)c1C#N. The van der Waals surface area contributed by atoms with Gasteiger partial charge in [0.25, 0.3) is 0 Å². The minimum Gasteiger partial charge on any atom is -0.477 e. The number of nitrogens with zero attached hydrogens (tertiary/aromatic N) is 1. The van der Waals surface area contributed by atoms with Gasteiger partial charge >= 0.3 is 5.97 Å². The average molecular weight is 321 g/mol. The number of thioether (sulfide) groups is 1. The van der Waals surface area contributed by atoms with E-state index < -0.39 is 11.8 Å². The van der Waals surface area contributed by atoms with Gasteiger partial charge < -0.3 is 5.11 Å². The van der Waals surface area contributed by atoms with Crippen LogP contribution in [0.4, 0.5) is 4.39 Å². The topological polar surface area (TPSA) is 61.1 Å². The molecule has 0 saturated heterocycles. The second-order valence-electron chi connectivity index (χ2n) is 4.56. The molecule has 2 rings (SSSR count). The summed E-state index contributed by atoms with van der Waals surface area (Å²) in [5, 5.41) is 19.0. The molecule has 0 radical (unpaired) electrons. The molecule has 0 spiro atoms. The number of hydrogen-bond acceptors (Lipinski definition) is 4. The lowest BCUT2D eigenvalue weighted by molar-refractivity contribution is 0.0703. The number of thiophene rings is 1. The lowest BCUT2D eigenvalue weighted by Gasteiger charge is -2.04. The molecule has 0 bridgehead atoms. The summed E-state index contributed by atoms with van der Waals surface area (Å²) in [6.45, 7) is 3.93. The van der Waals surface area contributed by atoms with Crippen molar-refractivity contribution in [1.29, 1.82) is 5.26 Å². The van der Waals surface area contributed by atoms with Crippen LogP contribution >= 0.6 is 23.1 Å². The molecule has 0 amide bonds. The van der Waals surface area contributed by atoms with Crippen LogP contribution in [0.3, 0.4) is 0 Å². The number of benzene rings is 1. The summed E-state index contributed by atoms with van der Waals surface area (Å²) in [4.78, 5) is 11.5. The molecule has 1 N–H and O–H groups in total. The Balaban J connectivity index is 2.70. The summed E-state index contributed by atoms with van der Waals surface area (Å²) < 4.78 is 14.1. The smallest absolute Gasteiger partial charge is 0.346 e. The van der Waals surface area contributed by atoms with Gasteiger partial charge in [-0.2, -0.15) is 5.26 Å². The van der Waals surface area contributed by atoms with E-state index in [1.165, 1.54) is 30.0 Å². The first kappa shape index (κ1) is 15.5.